The quantitative estimate of drug-likeness (QED) is 0.571. The number of carbonyl (C=O) groups is 1. The van der Waals surface area contributed by atoms with Crippen molar-refractivity contribution >= 4 is 6.29 Å². The smallest absolute Gasteiger partial charge is 0.135 e. The minimum absolute atomic E-state index is 0.490. The van der Waals surface area contributed by atoms with E-state index in [1.165, 1.54) is 0 Å². The zero-order valence-electron chi connectivity index (χ0n) is 7.79. The average molecular weight is 171 g/mol. The van der Waals surface area contributed by atoms with E-state index in [0.29, 0.717) is 12.6 Å². The first-order chi connectivity index (χ1) is 5.75. The van der Waals surface area contributed by atoms with Gasteiger partial charge in [0.05, 0.1) is 6.54 Å². The van der Waals surface area contributed by atoms with E-state index in [-0.39, 0.29) is 0 Å². The fourth-order valence-corrected chi connectivity index (χ4v) is 1.55. The summed E-state index contributed by atoms with van der Waals surface area (Å²) < 4.78 is 0. The molecular weight excluding hydrogens is 154 g/mol. The summed E-state index contributed by atoms with van der Waals surface area (Å²) in [6.07, 6.45) is 0.939. The zero-order valence-corrected chi connectivity index (χ0v) is 7.79. The maximum Gasteiger partial charge on any atom is 0.135 e. The number of hydrazine groups is 1. The second-order valence-electron chi connectivity index (χ2n) is 3.22. The number of piperazine rings is 1. The van der Waals surface area contributed by atoms with Crippen LogP contribution in [0.4, 0.5) is 0 Å². The van der Waals surface area contributed by atoms with Gasteiger partial charge in [0.2, 0.25) is 0 Å². The molecule has 0 amide bonds. The molecule has 0 aromatic rings. The zero-order chi connectivity index (χ0) is 8.97. The summed E-state index contributed by atoms with van der Waals surface area (Å²) in [6, 6.07) is 0.490. The molecule has 1 aliphatic rings. The molecule has 70 valence electrons. The molecule has 0 spiro atoms. The molecule has 1 atom stereocenters. The molecule has 1 heterocycles. The summed E-state index contributed by atoms with van der Waals surface area (Å²) in [5.41, 5.74) is 0. The summed E-state index contributed by atoms with van der Waals surface area (Å²) in [7, 11) is 1.95. The van der Waals surface area contributed by atoms with Crippen LogP contribution in [0.25, 0.3) is 0 Å². The maximum absolute atomic E-state index is 10.3. The van der Waals surface area contributed by atoms with Gasteiger partial charge >= 0.3 is 0 Å². The van der Waals surface area contributed by atoms with E-state index in [1.807, 2.05) is 12.1 Å². The Balaban J connectivity index is 2.41. The van der Waals surface area contributed by atoms with Gasteiger partial charge in [-0.25, -0.2) is 10.0 Å². The first-order valence-corrected chi connectivity index (χ1v) is 4.37. The van der Waals surface area contributed by atoms with Crippen LogP contribution in [0, 0.1) is 0 Å². The Morgan fingerprint density at radius 2 is 2.50 bits per heavy atom. The lowest BCUT2D eigenvalue weighted by molar-refractivity contribution is -0.115. The Morgan fingerprint density at radius 3 is 3.08 bits per heavy atom. The largest absolute Gasteiger partial charge is 0.314 e. The van der Waals surface area contributed by atoms with Gasteiger partial charge in [-0.3, -0.25) is 0 Å². The van der Waals surface area contributed by atoms with Crippen LogP contribution in [0.15, 0.2) is 0 Å². The van der Waals surface area contributed by atoms with Gasteiger partial charge in [0.25, 0.3) is 0 Å². The lowest BCUT2D eigenvalue weighted by Gasteiger charge is -2.39. The van der Waals surface area contributed by atoms with Crippen LogP contribution in [-0.4, -0.2) is 55.6 Å². The second-order valence-corrected chi connectivity index (χ2v) is 3.22. The molecule has 1 aliphatic heterocycles. The van der Waals surface area contributed by atoms with Gasteiger partial charge in [-0.1, -0.05) is 0 Å². The van der Waals surface area contributed by atoms with Gasteiger partial charge in [-0.05, 0) is 6.92 Å². The Hall–Kier alpha value is -0.450. The van der Waals surface area contributed by atoms with Crippen LogP contribution < -0.4 is 5.32 Å². The standard InChI is InChI=1S/C8H17N3O/c1-8-7-9-3-4-11(8)10(2)5-6-12/h6,8-9H,3-5,7H2,1-2H3/t8-/m1/s1. The van der Waals surface area contributed by atoms with Crippen molar-refractivity contribution in [3.8, 4) is 0 Å². The predicted octanol–water partition coefficient (Wildman–Crippen LogP) is -0.674. The fraction of sp³-hybridized carbons (Fsp3) is 0.875. The number of carbonyl (C=O) groups excluding carboxylic acids is 1. The van der Waals surface area contributed by atoms with Crippen molar-refractivity contribution in [3.05, 3.63) is 0 Å². The van der Waals surface area contributed by atoms with Crippen molar-refractivity contribution in [3.63, 3.8) is 0 Å². The topological polar surface area (TPSA) is 35.6 Å². The van der Waals surface area contributed by atoms with Crippen LogP contribution in [0.2, 0.25) is 0 Å². The third-order valence-corrected chi connectivity index (χ3v) is 2.24. The second kappa shape index (κ2) is 4.54. The maximum atomic E-state index is 10.3. The Kier molecular flexibility index (Phi) is 3.65. The molecule has 0 aromatic heterocycles. The van der Waals surface area contributed by atoms with Gasteiger partial charge in [0.15, 0.2) is 0 Å². The van der Waals surface area contributed by atoms with E-state index in [0.717, 1.165) is 25.9 Å². The predicted molar refractivity (Wildman–Crippen MR) is 47.7 cm³/mol. The molecule has 0 aromatic carbocycles. The third-order valence-electron chi connectivity index (χ3n) is 2.24. The van der Waals surface area contributed by atoms with Crippen molar-refractivity contribution in [1.29, 1.82) is 0 Å². The molecule has 0 saturated carbocycles. The van der Waals surface area contributed by atoms with E-state index in [2.05, 4.69) is 17.2 Å². The number of hydrogen-bond donors (Lipinski definition) is 1. The van der Waals surface area contributed by atoms with Crippen molar-refractivity contribution in [2.45, 2.75) is 13.0 Å². The lowest BCUT2D eigenvalue weighted by atomic mass is 10.2. The summed E-state index contributed by atoms with van der Waals surface area (Å²) in [4.78, 5) is 10.3. The van der Waals surface area contributed by atoms with Gasteiger partial charge < -0.3 is 10.1 Å². The lowest BCUT2D eigenvalue weighted by Crippen LogP contribution is -2.56. The first kappa shape index (κ1) is 9.64. The van der Waals surface area contributed by atoms with Crippen molar-refractivity contribution in [2.24, 2.45) is 0 Å². The summed E-state index contributed by atoms with van der Waals surface area (Å²) in [6.45, 7) is 5.65. The number of nitrogens with one attached hydrogen (secondary N) is 1. The monoisotopic (exact) mass is 171 g/mol. The van der Waals surface area contributed by atoms with Crippen LogP contribution in [0.5, 0.6) is 0 Å². The van der Waals surface area contributed by atoms with Gasteiger partial charge in [-0.2, -0.15) is 0 Å². The van der Waals surface area contributed by atoms with Crippen molar-refractivity contribution in [2.75, 3.05) is 33.2 Å². The molecule has 0 unspecified atom stereocenters. The third kappa shape index (κ3) is 2.27. The molecule has 1 fully saturated rings. The van der Waals surface area contributed by atoms with E-state index < -0.39 is 0 Å². The number of rotatable bonds is 3. The van der Waals surface area contributed by atoms with E-state index in [4.69, 9.17) is 0 Å². The fourth-order valence-electron chi connectivity index (χ4n) is 1.55. The minimum Gasteiger partial charge on any atom is -0.314 e. The molecule has 1 rings (SSSR count). The molecule has 4 nitrogen and oxygen atoms in total. The highest BCUT2D eigenvalue weighted by Gasteiger charge is 2.20. The number of aldehydes is 1. The van der Waals surface area contributed by atoms with E-state index in [9.17, 15) is 4.79 Å². The average Bonchev–Trinajstić information content (AvgIpc) is 2.05. The Morgan fingerprint density at radius 1 is 1.75 bits per heavy atom. The first-order valence-electron chi connectivity index (χ1n) is 4.37. The number of likely N-dealkylation sites (N-methyl/N-ethyl adjacent to an activating group) is 1. The molecule has 4 heteroatoms. The molecule has 1 N–H and O–H groups in total. The molecule has 0 radical (unpaired) electrons. The molecule has 0 aliphatic carbocycles. The van der Waals surface area contributed by atoms with Crippen LogP contribution in [0.3, 0.4) is 0 Å². The summed E-state index contributed by atoms with van der Waals surface area (Å²) in [5, 5.41) is 7.52. The molecular formula is C8H17N3O. The van der Waals surface area contributed by atoms with Gasteiger partial charge in [0, 0.05) is 32.7 Å². The highest BCUT2D eigenvalue weighted by Crippen LogP contribution is 2.03. The minimum atomic E-state index is 0.490. The Bertz CT molecular complexity index is 151. The molecule has 0 bridgehead atoms. The van der Waals surface area contributed by atoms with Crippen molar-refractivity contribution in [1.82, 2.24) is 15.3 Å². The number of nitrogens with zero attached hydrogens (tertiary/aromatic N) is 2. The van der Waals surface area contributed by atoms with Crippen LogP contribution in [-0.2, 0) is 4.79 Å². The SMILES string of the molecule is C[C@@H]1CNCCN1N(C)CC=O. The van der Waals surface area contributed by atoms with Gasteiger partial charge in [0.1, 0.15) is 6.29 Å². The Labute approximate surface area is 73.5 Å². The normalized spacial score (nSPS) is 26.1. The van der Waals surface area contributed by atoms with Gasteiger partial charge in [-0.15, -0.1) is 0 Å². The van der Waals surface area contributed by atoms with Crippen LogP contribution >= 0.6 is 0 Å². The highest BCUT2D eigenvalue weighted by molar-refractivity contribution is 5.51. The van der Waals surface area contributed by atoms with Crippen LogP contribution in [0.1, 0.15) is 6.92 Å². The molecule has 12 heavy (non-hydrogen) atoms. The number of hydrogen-bond acceptors (Lipinski definition) is 4. The van der Waals surface area contributed by atoms with Crippen molar-refractivity contribution < 1.29 is 4.79 Å². The van der Waals surface area contributed by atoms with E-state index >= 15 is 0 Å². The highest BCUT2D eigenvalue weighted by atomic mass is 16.1. The summed E-state index contributed by atoms with van der Waals surface area (Å²) in [5.74, 6) is 0. The van der Waals surface area contributed by atoms with E-state index in [1.54, 1.807) is 0 Å². The molecule has 1 saturated heterocycles. The summed E-state index contributed by atoms with van der Waals surface area (Å²) >= 11 is 0.